The third-order valence-electron chi connectivity index (χ3n) is 5.13. The van der Waals surface area contributed by atoms with Crippen molar-refractivity contribution in [1.29, 1.82) is 0 Å². The minimum Gasteiger partial charge on any atom is -0.492 e. The average Bonchev–Trinajstić information content (AvgIpc) is 3.15. The summed E-state index contributed by atoms with van der Waals surface area (Å²) in [7, 11) is 0. The van der Waals surface area contributed by atoms with Crippen LogP contribution in [-0.2, 0) is 15.2 Å². The Morgan fingerprint density at radius 2 is 2.00 bits per heavy atom. The molecule has 2 aromatic rings. The third-order valence-corrected chi connectivity index (χ3v) is 5.13. The van der Waals surface area contributed by atoms with E-state index in [0.717, 1.165) is 0 Å². The van der Waals surface area contributed by atoms with Gasteiger partial charge in [-0.3, -0.25) is 4.57 Å². The van der Waals surface area contributed by atoms with E-state index in [9.17, 15) is 15.3 Å². The summed E-state index contributed by atoms with van der Waals surface area (Å²) >= 11 is 0. The highest BCUT2D eigenvalue weighted by Crippen LogP contribution is 2.51. The van der Waals surface area contributed by atoms with E-state index in [-0.39, 0.29) is 18.0 Å². The number of aromatic nitrogens is 4. The fourth-order valence-electron chi connectivity index (χ4n) is 4.03. The molecule has 4 atom stereocenters. The Kier molecular flexibility index (Phi) is 4.67. The lowest BCUT2D eigenvalue weighted by Gasteiger charge is -2.45. The number of rotatable bonds is 6. The summed E-state index contributed by atoms with van der Waals surface area (Å²) in [5, 5.41) is 30.5. The van der Waals surface area contributed by atoms with Crippen molar-refractivity contribution >= 4 is 11.2 Å². The summed E-state index contributed by atoms with van der Waals surface area (Å²) in [6.07, 6.45) is 1.78. The number of ether oxygens (including phenoxy) is 2. The summed E-state index contributed by atoms with van der Waals surface area (Å²) in [5.74, 6) is -0.231. The Morgan fingerprint density at radius 3 is 2.60 bits per heavy atom. The van der Waals surface area contributed by atoms with Crippen LogP contribution in [0.5, 0.6) is 5.88 Å². The molecule has 138 valence electrons. The van der Waals surface area contributed by atoms with E-state index in [2.05, 4.69) is 15.0 Å². The van der Waals surface area contributed by atoms with Gasteiger partial charge in [0.15, 0.2) is 16.9 Å². The van der Waals surface area contributed by atoms with Crippen LogP contribution in [0.2, 0.25) is 0 Å². The second-order valence-electron chi connectivity index (χ2n) is 6.08. The number of hydrogen-bond acceptors (Lipinski definition) is 8. The van der Waals surface area contributed by atoms with Crippen molar-refractivity contribution in [2.45, 2.75) is 57.1 Å². The SMILES string of the molecule is CCO[C@]1(CC)[C@H](O)[C@@H](CO)O[C@@]1(CC)n1cnc2c(O)ncnc21. The molecule has 2 aromatic heterocycles. The maximum atomic E-state index is 10.9. The lowest BCUT2D eigenvalue weighted by atomic mass is 9.81. The van der Waals surface area contributed by atoms with Gasteiger partial charge in [0.05, 0.1) is 12.9 Å². The van der Waals surface area contributed by atoms with Gasteiger partial charge in [0.2, 0.25) is 5.88 Å². The highest BCUT2D eigenvalue weighted by atomic mass is 16.6. The van der Waals surface area contributed by atoms with Crippen molar-refractivity contribution in [2.24, 2.45) is 0 Å². The number of hydrogen-bond donors (Lipinski definition) is 3. The molecule has 25 heavy (non-hydrogen) atoms. The summed E-state index contributed by atoms with van der Waals surface area (Å²) in [4.78, 5) is 12.2. The molecule has 0 aromatic carbocycles. The first-order chi connectivity index (χ1) is 12.0. The van der Waals surface area contributed by atoms with Crippen LogP contribution in [-0.4, -0.2) is 65.9 Å². The van der Waals surface area contributed by atoms with E-state index in [0.29, 0.717) is 25.1 Å². The lowest BCUT2D eigenvalue weighted by molar-refractivity contribution is -0.219. The number of fused-ring (bicyclic) bond motifs is 1. The maximum absolute atomic E-state index is 10.9. The molecule has 0 radical (unpaired) electrons. The Bertz CT molecular complexity index is 753. The molecule has 9 heteroatoms. The van der Waals surface area contributed by atoms with Crippen LogP contribution in [0.25, 0.3) is 11.2 Å². The summed E-state index contributed by atoms with van der Waals surface area (Å²) in [6, 6.07) is 0. The van der Waals surface area contributed by atoms with Gasteiger partial charge in [-0.25, -0.2) is 9.97 Å². The number of aromatic hydroxyl groups is 1. The molecule has 0 aliphatic carbocycles. The van der Waals surface area contributed by atoms with Gasteiger partial charge in [-0.15, -0.1) is 0 Å². The Labute approximate surface area is 145 Å². The zero-order valence-corrected chi connectivity index (χ0v) is 14.6. The van der Waals surface area contributed by atoms with Gasteiger partial charge in [0, 0.05) is 6.61 Å². The molecule has 9 nitrogen and oxygen atoms in total. The quantitative estimate of drug-likeness (QED) is 0.688. The van der Waals surface area contributed by atoms with E-state index in [1.807, 2.05) is 20.8 Å². The fourth-order valence-corrected chi connectivity index (χ4v) is 4.03. The molecule has 3 rings (SSSR count). The van der Waals surface area contributed by atoms with Crippen molar-refractivity contribution in [3.8, 4) is 5.88 Å². The van der Waals surface area contributed by atoms with Crippen molar-refractivity contribution in [1.82, 2.24) is 19.5 Å². The van der Waals surface area contributed by atoms with Gasteiger partial charge in [0.25, 0.3) is 0 Å². The van der Waals surface area contributed by atoms with Crippen LogP contribution >= 0.6 is 0 Å². The van der Waals surface area contributed by atoms with Crippen molar-refractivity contribution in [2.75, 3.05) is 13.2 Å². The monoisotopic (exact) mass is 352 g/mol. The van der Waals surface area contributed by atoms with Crippen LogP contribution in [0.4, 0.5) is 0 Å². The second-order valence-corrected chi connectivity index (χ2v) is 6.08. The van der Waals surface area contributed by atoms with E-state index in [1.165, 1.54) is 12.7 Å². The minimum atomic E-state index is -1.14. The molecular weight excluding hydrogens is 328 g/mol. The van der Waals surface area contributed by atoms with Crippen LogP contribution in [0.1, 0.15) is 33.6 Å². The van der Waals surface area contributed by atoms with E-state index in [1.54, 1.807) is 4.57 Å². The van der Waals surface area contributed by atoms with Crippen LogP contribution in [0, 0.1) is 0 Å². The normalized spacial score (nSPS) is 32.5. The van der Waals surface area contributed by atoms with Crippen LogP contribution in [0.15, 0.2) is 12.7 Å². The lowest BCUT2D eigenvalue weighted by Crippen LogP contribution is -2.58. The van der Waals surface area contributed by atoms with Crippen molar-refractivity contribution in [3.63, 3.8) is 0 Å². The Hall–Kier alpha value is -1.81. The molecule has 0 saturated carbocycles. The first-order valence-electron chi connectivity index (χ1n) is 8.49. The highest BCUT2D eigenvalue weighted by Gasteiger charge is 2.66. The van der Waals surface area contributed by atoms with Gasteiger partial charge >= 0.3 is 0 Å². The van der Waals surface area contributed by atoms with Crippen molar-refractivity contribution in [3.05, 3.63) is 12.7 Å². The van der Waals surface area contributed by atoms with E-state index in [4.69, 9.17) is 9.47 Å². The maximum Gasteiger partial charge on any atom is 0.242 e. The number of imidazole rings is 1. The van der Waals surface area contributed by atoms with Gasteiger partial charge in [-0.1, -0.05) is 13.8 Å². The van der Waals surface area contributed by atoms with Crippen molar-refractivity contribution < 1.29 is 24.8 Å². The highest BCUT2D eigenvalue weighted by molar-refractivity contribution is 5.75. The summed E-state index contributed by atoms with van der Waals surface area (Å²) in [5.41, 5.74) is -1.63. The zero-order valence-electron chi connectivity index (χ0n) is 14.6. The topological polar surface area (TPSA) is 123 Å². The minimum absolute atomic E-state index is 0.231. The van der Waals surface area contributed by atoms with Gasteiger partial charge in [0.1, 0.15) is 24.1 Å². The summed E-state index contributed by atoms with van der Waals surface area (Å²) in [6.45, 7) is 5.67. The summed E-state index contributed by atoms with van der Waals surface area (Å²) < 4.78 is 13.9. The standard InChI is InChI=1S/C16H24N4O5/c1-4-15(24-6-3)12(22)10(7-21)25-16(15,5-2)20-9-19-11-13(20)17-8-18-14(11)23/h8-10,12,21-22H,4-7H2,1-3H3,(H,17,18,23)/t10-,12-,15-,16-/m1/s1. The van der Waals surface area contributed by atoms with Crippen LogP contribution < -0.4 is 0 Å². The predicted octanol–water partition coefficient (Wildman–Crippen LogP) is 0.532. The molecule has 0 bridgehead atoms. The number of nitrogens with zero attached hydrogens (tertiary/aromatic N) is 4. The number of aliphatic hydroxyl groups is 2. The molecular formula is C16H24N4O5. The fraction of sp³-hybridized carbons (Fsp3) is 0.688. The molecule has 0 spiro atoms. The first-order valence-corrected chi connectivity index (χ1v) is 8.49. The average molecular weight is 352 g/mol. The molecule has 1 saturated heterocycles. The number of aliphatic hydroxyl groups excluding tert-OH is 2. The van der Waals surface area contributed by atoms with Crippen LogP contribution in [0.3, 0.4) is 0 Å². The van der Waals surface area contributed by atoms with Gasteiger partial charge < -0.3 is 24.8 Å². The smallest absolute Gasteiger partial charge is 0.242 e. The van der Waals surface area contributed by atoms with Gasteiger partial charge in [-0.05, 0) is 19.8 Å². The first kappa shape index (κ1) is 18.0. The molecule has 3 N–H and O–H groups in total. The molecule has 1 aliphatic heterocycles. The third kappa shape index (κ3) is 2.27. The molecule has 0 amide bonds. The largest absolute Gasteiger partial charge is 0.492 e. The van der Waals surface area contributed by atoms with Gasteiger partial charge in [-0.2, -0.15) is 4.98 Å². The Morgan fingerprint density at radius 1 is 1.24 bits per heavy atom. The van der Waals surface area contributed by atoms with E-state index < -0.39 is 23.5 Å². The second kappa shape index (κ2) is 6.49. The van der Waals surface area contributed by atoms with E-state index >= 15 is 0 Å². The molecule has 1 fully saturated rings. The molecule has 1 aliphatic rings. The zero-order chi connectivity index (χ0) is 18.2. The Balaban J connectivity index is 2.28. The predicted molar refractivity (Wildman–Crippen MR) is 87.9 cm³/mol. The molecule has 0 unspecified atom stereocenters. The molecule has 3 heterocycles.